The van der Waals surface area contributed by atoms with E-state index in [1.807, 2.05) is 32.0 Å². The second-order valence-corrected chi connectivity index (χ2v) is 6.02. The fourth-order valence-electron chi connectivity index (χ4n) is 2.37. The van der Waals surface area contributed by atoms with E-state index in [4.69, 9.17) is 0 Å². The molecule has 0 saturated heterocycles. The molecule has 0 amide bonds. The lowest BCUT2D eigenvalue weighted by molar-refractivity contribution is -0.0498. The van der Waals surface area contributed by atoms with Crippen LogP contribution in [0.15, 0.2) is 54.9 Å². The zero-order chi connectivity index (χ0) is 19.2. The molecule has 2 heterocycles. The van der Waals surface area contributed by atoms with Gasteiger partial charge in [-0.25, -0.2) is 4.98 Å². The van der Waals surface area contributed by atoms with Gasteiger partial charge in [-0.3, -0.25) is 4.98 Å². The summed E-state index contributed by atoms with van der Waals surface area (Å²) in [6, 6.07) is 11.9. The predicted octanol–water partition coefficient (Wildman–Crippen LogP) is 4.70. The third-order valence-electron chi connectivity index (χ3n) is 3.47. The van der Waals surface area contributed by atoms with E-state index in [-0.39, 0.29) is 11.8 Å². The third-order valence-corrected chi connectivity index (χ3v) is 3.47. The van der Waals surface area contributed by atoms with Crippen molar-refractivity contribution in [2.24, 2.45) is 0 Å². The molecule has 6 nitrogen and oxygen atoms in total. The Morgan fingerprint density at radius 1 is 0.963 bits per heavy atom. The molecule has 0 aliphatic rings. The summed E-state index contributed by atoms with van der Waals surface area (Å²) in [5.41, 5.74) is 2.32. The Morgan fingerprint density at radius 3 is 2.30 bits per heavy atom. The van der Waals surface area contributed by atoms with Gasteiger partial charge in [0.25, 0.3) is 0 Å². The van der Waals surface area contributed by atoms with Crippen LogP contribution in [0, 0.1) is 0 Å². The van der Waals surface area contributed by atoms with Crippen molar-refractivity contribution in [3.8, 4) is 17.0 Å². The predicted molar refractivity (Wildman–Crippen MR) is 100 cm³/mol. The van der Waals surface area contributed by atoms with Crippen LogP contribution in [-0.2, 0) is 0 Å². The number of ether oxygens (including phenoxy) is 1. The monoisotopic (exact) mass is 371 g/mol. The summed E-state index contributed by atoms with van der Waals surface area (Å²) in [4.78, 5) is 13.0. The van der Waals surface area contributed by atoms with Crippen molar-refractivity contribution in [2.75, 3.05) is 10.6 Å². The van der Waals surface area contributed by atoms with Crippen molar-refractivity contribution in [3.05, 3.63) is 54.9 Å². The molecule has 3 aromatic rings. The van der Waals surface area contributed by atoms with Gasteiger partial charge in [-0.1, -0.05) is 0 Å². The van der Waals surface area contributed by atoms with Crippen molar-refractivity contribution in [2.45, 2.75) is 26.5 Å². The van der Waals surface area contributed by atoms with E-state index in [2.05, 4.69) is 30.3 Å². The molecule has 0 aliphatic heterocycles. The van der Waals surface area contributed by atoms with Crippen LogP contribution in [0.25, 0.3) is 11.3 Å². The van der Waals surface area contributed by atoms with E-state index in [0.717, 1.165) is 11.3 Å². The summed E-state index contributed by atoms with van der Waals surface area (Å²) in [6.07, 6.45) is 3.39. The van der Waals surface area contributed by atoms with Gasteiger partial charge in [-0.2, -0.15) is 13.8 Å². The summed E-state index contributed by atoms with van der Waals surface area (Å²) in [7, 11) is 0. The number of alkyl halides is 2. The van der Waals surface area contributed by atoms with Gasteiger partial charge in [0.15, 0.2) is 0 Å². The van der Waals surface area contributed by atoms with E-state index < -0.39 is 6.61 Å². The molecule has 0 saturated carbocycles. The second kappa shape index (κ2) is 8.39. The Hall–Kier alpha value is -3.29. The number of anilines is 3. The van der Waals surface area contributed by atoms with Crippen LogP contribution in [-0.4, -0.2) is 27.6 Å². The van der Waals surface area contributed by atoms with E-state index >= 15 is 0 Å². The van der Waals surface area contributed by atoms with Gasteiger partial charge in [-0.15, -0.1) is 0 Å². The van der Waals surface area contributed by atoms with Crippen molar-refractivity contribution in [3.63, 3.8) is 0 Å². The molecule has 3 rings (SSSR count). The number of hydrogen-bond acceptors (Lipinski definition) is 6. The number of aromatic nitrogens is 3. The number of benzene rings is 1. The highest BCUT2D eigenvalue weighted by Gasteiger charge is 2.09. The van der Waals surface area contributed by atoms with Gasteiger partial charge in [0, 0.05) is 35.8 Å². The molecule has 2 aromatic heterocycles. The maximum Gasteiger partial charge on any atom is 0.387 e. The fraction of sp³-hybridized carbons (Fsp3) is 0.211. The van der Waals surface area contributed by atoms with Crippen LogP contribution < -0.4 is 15.4 Å². The zero-order valence-electron chi connectivity index (χ0n) is 14.9. The normalized spacial score (nSPS) is 10.9. The summed E-state index contributed by atoms with van der Waals surface area (Å²) in [5.74, 6) is 1.15. The van der Waals surface area contributed by atoms with E-state index in [9.17, 15) is 8.78 Å². The van der Waals surface area contributed by atoms with Crippen molar-refractivity contribution in [1.29, 1.82) is 0 Å². The first-order chi connectivity index (χ1) is 13.0. The largest absolute Gasteiger partial charge is 0.435 e. The van der Waals surface area contributed by atoms with E-state index in [0.29, 0.717) is 17.5 Å². The van der Waals surface area contributed by atoms with Crippen LogP contribution in [0.4, 0.5) is 26.2 Å². The minimum absolute atomic E-state index is 0.0953. The molecule has 0 fully saturated rings. The summed E-state index contributed by atoms with van der Waals surface area (Å²) >= 11 is 0. The van der Waals surface area contributed by atoms with E-state index in [1.165, 1.54) is 12.1 Å². The number of rotatable bonds is 7. The Balaban J connectivity index is 1.87. The van der Waals surface area contributed by atoms with E-state index in [1.54, 1.807) is 24.5 Å². The summed E-state index contributed by atoms with van der Waals surface area (Å²) in [5, 5.41) is 6.35. The minimum atomic E-state index is -2.85. The molecule has 0 aliphatic carbocycles. The van der Waals surface area contributed by atoms with Crippen LogP contribution in [0.3, 0.4) is 0 Å². The molecule has 140 valence electrons. The standard InChI is InChI=1S/C19H19F2N5O/c1-12(2)23-19-25-16(13-7-9-22-10-8-13)11-17(26-19)24-14-3-5-15(6-4-14)27-18(20)21/h3-12,18H,1-2H3,(H2,23,24,25,26). The molecular weight excluding hydrogens is 352 g/mol. The van der Waals surface area contributed by atoms with Crippen LogP contribution >= 0.6 is 0 Å². The second-order valence-electron chi connectivity index (χ2n) is 6.02. The van der Waals surface area contributed by atoms with Crippen molar-refractivity contribution < 1.29 is 13.5 Å². The summed E-state index contributed by atoms with van der Waals surface area (Å²) < 4.78 is 28.9. The molecule has 0 bridgehead atoms. The number of halogens is 2. The highest BCUT2D eigenvalue weighted by atomic mass is 19.3. The smallest absolute Gasteiger partial charge is 0.387 e. The Kier molecular flexibility index (Phi) is 5.75. The third kappa shape index (κ3) is 5.34. The first-order valence-corrected chi connectivity index (χ1v) is 8.37. The maximum absolute atomic E-state index is 12.3. The molecule has 0 spiro atoms. The lowest BCUT2D eigenvalue weighted by Crippen LogP contribution is -2.13. The fourth-order valence-corrected chi connectivity index (χ4v) is 2.37. The van der Waals surface area contributed by atoms with Crippen molar-refractivity contribution >= 4 is 17.5 Å². The molecule has 2 N–H and O–H groups in total. The molecule has 0 radical (unpaired) electrons. The topological polar surface area (TPSA) is 72.0 Å². The van der Waals surface area contributed by atoms with Crippen LogP contribution in [0.5, 0.6) is 5.75 Å². The maximum atomic E-state index is 12.3. The lowest BCUT2D eigenvalue weighted by Gasteiger charge is -2.13. The zero-order valence-corrected chi connectivity index (χ0v) is 14.9. The number of pyridine rings is 1. The number of nitrogens with one attached hydrogen (secondary N) is 2. The number of hydrogen-bond donors (Lipinski definition) is 2. The average Bonchev–Trinajstić information content (AvgIpc) is 2.63. The highest BCUT2D eigenvalue weighted by molar-refractivity contribution is 5.67. The van der Waals surface area contributed by atoms with Gasteiger partial charge in [-0.05, 0) is 50.2 Å². The molecule has 0 unspecified atom stereocenters. The molecule has 1 aromatic carbocycles. The van der Waals surface area contributed by atoms with Gasteiger partial charge in [0.2, 0.25) is 5.95 Å². The number of nitrogens with zero attached hydrogens (tertiary/aromatic N) is 3. The highest BCUT2D eigenvalue weighted by Crippen LogP contribution is 2.25. The quantitative estimate of drug-likeness (QED) is 0.627. The molecule has 0 atom stereocenters. The van der Waals surface area contributed by atoms with Gasteiger partial charge < -0.3 is 15.4 Å². The van der Waals surface area contributed by atoms with Gasteiger partial charge in [0.05, 0.1) is 5.69 Å². The Morgan fingerprint density at radius 2 is 1.67 bits per heavy atom. The first-order valence-electron chi connectivity index (χ1n) is 8.37. The van der Waals surface area contributed by atoms with Crippen LogP contribution in [0.2, 0.25) is 0 Å². The SMILES string of the molecule is CC(C)Nc1nc(Nc2ccc(OC(F)F)cc2)cc(-c2ccncc2)n1. The minimum Gasteiger partial charge on any atom is -0.435 e. The van der Waals surface area contributed by atoms with Gasteiger partial charge in [0.1, 0.15) is 11.6 Å². The lowest BCUT2D eigenvalue weighted by atomic mass is 10.2. The van der Waals surface area contributed by atoms with Crippen LogP contribution in [0.1, 0.15) is 13.8 Å². The summed E-state index contributed by atoms with van der Waals surface area (Å²) in [6.45, 7) is 1.15. The Labute approximate surface area is 155 Å². The Bertz CT molecular complexity index is 873. The van der Waals surface area contributed by atoms with Crippen molar-refractivity contribution in [1.82, 2.24) is 15.0 Å². The molecular formula is C19H19F2N5O. The average molecular weight is 371 g/mol. The molecule has 27 heavy (non-hydrogen) atoms. The van der Waals surface area contributed by atoms with Gasteiger partial charge >= 0.3 is 6.61 Å². The first kappa shape index (κ1) is 18.5. The molecule has 8 heteroatoms.